The smallest absolute Gasteiger partial charge is 0.164 e. The highest BCUT2D eigenvalue weighted by atomic mass is 16.5. The van der Waals surface area contributed by atoms with Crippen LogP contribution in [0.2, 0.25) is 0 Å². The molecule has 4 nitrogen and oxygen atoms in total. The molecule has 1 aromatic carbocycles. The van der Waals surface area contributed by atoms with Crippen LogP contribution in [0, 0.1) is 20.8 Å². The summed E-state index contributed by atoms with van der Waals surface area (Å²) in [5.41, 5.74) is 4.06. The van der Waals surface area contributed by atoms with Gasteiger partial charge in [0.15, 0.2) is 5.78 Å². The second kappa shape index (κ2) is 7.75. The lowest BCUT2D eigenvalue weighted by Gasteiger charge is -2.27. The quantitative estimate of drug-likeness (QED) is 0.820. The van der Waals surface area contributed by atoms with E-state index in [4.69, 9.17) is 4.74 Å². The Kier molecular flexibility index (Phi) is 5.98. The summed E-state index contributed by atoms with van der Waals surface area (Å²) in [5.74, 6) is 1.15. The van der Waals surface area contributed by atoms with Gasteiger partial charge in [0.2, 0.25) is 0 Å². The number of nitrogens with zero attached hydrogens (tertiary/aromatic N) is 1. The van der Waals surface area contributed by atoms with E-state index in [1.165, 1.54) is 0 Å². The van der Waals surface area contributed by atoms with Gasteiger partial charge in [0.05, 0.1) is 6.61 Å². The van der Waals surface area contributed by atoms with Crippen molar-refractivity contribution in [2.75, 3.05) is 39.3 Å². The third kappa shape index (κ3) is 3.87. The molecule has 0 aliphatic carbocycles. The zero-order chi connectivity index (χ0) is 16.1. The predicted molar refractivity (Wildman–Crippen MR) is 90.1 cm³/mol. The highest BCUT2D eigenvalue weighted by Crippen LogP contribution is 2.28. The van der Waals surface area contributed by atoms with Crippen molar-refractivity contribution < 1.29 is 9.53 Å². The molecule has 2 rings (SSSR count). The van der Waals surface area contributed by atoms with Gasteiger partial charge < -0.3 is 15.0 Å². The van der Waals surface area contributed by atoms with Crippen LogP contribution in [0.15, 0.2) is 6.07 Å². The summed E-state index contributed by atoms with van der Waals surface area (Å²) in [6, 6.07) is 2.00. The van der Waals surface area contributed by atoms with E-state index >= 15 is 0 Å². The SMILES string of the molecule is CCOc1cc(C)c(C(=O)CCN2CCNCC2)c(C)c1C. The van der Waals surface area contributed by atoms with Crippen LogP contribution < -0.4 is 10.1 Å². The number of nitrogens with one attached hydrogen (secondary N) is 1. The molecular weight excluding hydrogens is 276 g/mol. The maximum atomic E-state index is 12.7. The summed E-state index contributed by atoms with van der Waals surface area (Å²) in [6.45, 7) is 13.7. The van der Waals surface area contributed by atoms with Gasteiger partial charge in [0.25, 0.3) is 0 Å². The Bertz CT molecular complexity index is 534. The molecule has 0 aromatic heterocycles. The van der Waals surface area contributed by atoms with Gasteiger partial charge in [-0.25, -0.2) is 0 Å². The first-order valence-electron chi connectivity index (χ1n) is 8.24. The molecule has 22 heavy (non-hydrogen) atoms. The van der Waals surface area contributed by atoms with Gasteiger partial charge in [-0.05, 0) is 50.5 Å². The maximum absolute atomic E-state index is 12.7. The minimum absolute atomic E-state index is 0.250. The lowest BCUT2D eigenvalue weighted by molar-refractivity contribution is 0.0959. The molecular formula is C18H28N2O2. The van der Waals surface area contributed by atoms with Gasteiger partial charge in [-0.1, -0.05) is 0 Å². The van der Waals surface area contributed by atoms with Gasteiger partial charge in [-0.3, -0.25) is 4.79 Å². The standard InChI is InChI=1S/C18H28N2O2/c1-5-22-17-12-13(2)18(15(4)14(17)3)16(21)6-9-20-10-7-19-8-11-20/h12,19H,5-11H2,1-4H3. The van der Waals surface area contributed by atoms with Gasteiger partial charge in [0.1, 0.15) is 5.75 Å². The third-order valence-corrected chi connectivity index (χ3v) is 4.49. The summed E-state index contributed by atoms with van der Waals surface area (Å²) in [4.78, 5) is 15.0. The molecule has 0 atom stereocenters. The van der Waals surface area contributed by atoms with E-state index < -0.39 is 0 Å². The second-order valence-corrected chi connectivity index (χ2v) is 6.01. The molecule has 0 bridgehead atoms. The zero-order valence-electron chi connectivity index (χ0n) is 14.3. The minimum Gasteiger partial charge on any atom is -0.494 e. The van der Waals surface area contributed by atoms with E-state index in [2.05, 4.69) is 10.2 Å². The van der Waals surface area contributed by atoms with Gasteiger partial charge in [-0.2, -0.15) is 0 Å². The molecule has 1 saturated heterocycles. The number of carbonyl (C=O) groups is 1. The van der Waals surface area contributed by atoms with Crippen molar-refractivity contribution in [2.24, 2.45) is 0 Å². The Morgan fingerprint density at radius 1 is 1.23 bits per heavy atom. The molecule has 1 fully saturated rings. The molecule has 0 radical (unpaired) electrons. The number of rotatable bonds is 6. The summed E-state index contributed by atoms with van der Waals surface area (Å²) < 4.78 is 5.66. The van der Waals surface area contributed by atoms with Gasteiger partial charge in [0, 0.05) is 44.7 Å². The Morgan fingerprint density at radius 3 is 2.55 bits per heavy atom. The van der Waals surface area contributed by atoms with Crippen LogP contribution in [0.1, 0.15) is 40.4 Å². The number of carbonyl (C=O) groups excluding carboxylic acids is 1. The number of hydrogen-bond acceptors (Lipinski definition) is 4. The maximum Gasteiger partial charge on any atom is 0.164 e. The monoisotopic (exact) mass is 304 g/mol. The minimum atomic E-state index is 0.250. The van der Waals surface area contributed by atoms with Crippen LogP contribution in [0.3, 0.4) is 0 Å². The number of ketones is 1. The Labute approximate surface area is 133 Å². The molecule has 0 spiro atoms. The average Bonchev–Trinajstić information content (AvgIpc) is 2.51. The summed E-state index contributed by atoms with van der Waals surface area (Å²) in [6.07, 6.45) is 0.592. The van der Waals surface area contributed by atoms with Crippen molar-refractivity contribution in [3.63, 3.8) is 0 Å². The van der Waals surface area contributed by atoms with Crippen LogP contribution in [-0.2, 0) is 0 Å². The van der Waals surface area contributed by atoms with E-state index in [9.17, 15) is 4.79 Å². The molecule has 4 heteroatoms. The Balaban J connectivity index is 2.10. The number of benzene rings is 1. The van der Waals surface area contributed by atoms with Gasteiger partial charge >= 0.3 is 0 Å². The molecule has 1 aliphatic rings. The van der Waals surface area contributed by atoms with Crippen molar-refractivity contribution in [1.29, 1.82) is 0 Å². The topological polar surface area (TPSA) is 41.6 Å². The number of hydrogen-bond donors (Lipinski definition) is 1. The van der Waals surface area contributed by atoms with Crippen molar-refractivity contribution in [2.45, 2.75) is 34.1 Å². The number of aryl methyl sites for hydroxylation is 1. The first-order chi connectivity index (χ1) is 10.5. The highest BCUT2D eigenvalue weighted by Gasteiger charge is 2.18. The molecule has 1 N–H and O–H groups in total. The molecule has 0 saturated carbocycles. The van der Waals surface area contributed by atoms with Crippen LogP contribution in [0.4, 0.5) is 0 Å². The van der Waals surface area contributed by atoms with Crippen molar-refractivity contribution >= 4 is 5.78 Å². The van der Waals surface area contributed by atoms with Crippen LogP contribution >= 0.6 is 0 Å². The third-order valence-electron chi connectivity index (χ3n) is 4.49. The number of Topliss-reactive ketones (excluding diaryl/α,β-unsaturated/α-hetero) is 1. The first kappa shape index (κ1) is 17.0. The van der Waals surface area contributed by atoms with E-state index in [0.717, 1.165) is 60.7 Å². The van der Waals surface area contributed by atoms with E-state index in [1.54, 1.807) is 0 Å². The fourth-order valence-electron chi connectivity index (χ4n) is 3.10. The van der Waals surface area contributed by atoms with Crippen LogP contribution in [0.25, 0.3) is 0 Å². The fraction of sp³-hybridized carbons (Fsp3) is 0.611. The van der Waals surface area contributed by atoms with E-state index in [1.807, 2.05) is 33.8 Å². The summed E-state index contributed by atoms with van der Waals surface area (Å²) in [7, 11) is 0. The summed E-state index contributed by atoms with van der Waals surface area (Å²) in [5, 5.41) is 3.34. The molecule has 0 amide bonds. The van der Waals surface area contributed by atoms with Crippen LogP contribution in [-0.4, -0.2) is 50.0 Å². The lowest BCUT2D eigenvalue weighted by atomic mass is 9.93. The first-order valence-corrected chi connectivity index (χ1v) is 8.24. The molecule has 0 unspecified atom stereocenters. The fourth-order valence-corrected chi connectivity index (χ4v) is 3.10. The zero-order valence-corrected chi connectivity index (χ0v) is 14.3. The average molecular weight is 304 g/mol. The lowest BCUT2D eigenvalue weighted by Crippen LogP contribution is -2.44. The normalized spacial score (nSPS) is 15.8. The van der Waals surface area contributed by atoms with Crippen molar-refractivity contribution in [1.82, 2.24) is 10.2 Å². The van der Waals surface area contributed by atoms with Crippen molar-refractivity contribution in [3.8, 4) is 5.75 Å². The van der Waals surface area contributed by atoms with Crippen LogP contribution in [0.5, 0.6) is 5.75 Å². The molecule has 1 aromatic rings. The van der Waals surface area contributed by atoms with E-state index in [-0.39, 0.29) is 5.78 Å². The highest BCUT2D eigenvalue weighted by molar-refractivity contribution is 5.99. The molecule has 122 valence electrons. The Hall–Kier alpha value is -1.39. The Morgan fingerprint density at radius 2 is 1.91 bits per heavy atom. The largest absolute Gasteiger partial charge is 0.494 e. The molecule has 1 heterocycles. The van der Waals surface area contributed by atoms with E-state index in [0.29, 0.717) is 13.0 Å². The molecule has 1 aliphatic heterocycles. The number of piperazine rings is 1. The second-order valence-electron chi connectivity index (χ2n) is 6.01. The predicted octanol–water partition coefficient (Wildman–Crippen LogP) is 2.49. The summed E-state index contributed by atoms with van der Waals surface area (Å²) >= 11 is 0. The van der Waals surface area contributed by atoms with Gasteiger partial charge in [-0.15, -0.1) is 0 Å². The van der Waals surface area contributed by atoms with Crippen molar-refractivity contribution in [3.05, 3.63) is 28.3 Å². The number of ether oxygens (including phenoxy) is 1.